The first-order valence-electron chi connectivity index (χ1n) is 9.21. The van der Waals surface area contributed by atoms with E-state index >= 15 is 0 Å². The Balaban J connectivity index is 1.52. The molecule has 28 heavy (non-hydrogen) atoms. The van der Waals surface area contributed by atoms with Crippen molar-refractivity contribution in [1.29, 1.82) is 0 Å². The van der Waals surface area contributed by atoms with Crippen LogP contribution in [0.2, 0.25) is 0 Å². The van der Waals surface area contributed by atoms with E-state index in [1.165, 1.54) is 0 Å². The number of rotatable bonds is 8. The average Bonchev–Trinajstić information content (AvgIpc) is 3.03. The molecule has 0 saturated carbocycles. The summed E-state index contributed by atoms with van der Waals surface area (Å²) in [5, 5.41) is 2.83. The second-order valence-corrected chi connectivity index (χ2v) is 8.11. The molecule has 1 atom stereocenters. The molecule has 3 rings (SSSR count). The topological polar surface area (TPSA) is 72.2 Å². The predicted octanol–water partition coefficient (Wildman–Crippen LogP) is 3.57. The molecule has 6 heteroatoms. The molecule has 5 nitrogen and oxygen atoms in total. The number of aryl methyl sites for hydroxylation is 2. The molecule has 0 aliphatic carbocycles. The van der Waals surface area contributed by atoms with Crippen LogP contribution in [0.15, 0.2) is 59.0 Å². The Hall–Kier alpha value is -2.73. The van der Waals surface area contributed by atoms with Crippen molar-refractivity contribution in [2.24, 2.45) is 0 Å². The van der Waals surface area contributed by atoms with Crippen LogP contribution in [0.5, 0.6) is 0 Å². The van der Waals surface area contributed by atoms with Crippen molar-refractivity contribution >= 4 is 16.7 Å². The van der Waals surface area contributed by atoms with E-state index in [0.717, 1.165) is 23.1 Å². The van der Waals surface area contributed by atoms with E-state index in [-0.39, 0.29) is 17.4 Å². The Morgan fingerprint density at radius 1 is 1.07 bits per heavy atom. The lowest BCUT2D eigenvalue weighted by molar-refractivity contribution is -0.118. The molecule has 1 N–H and O–H groups in total. The third-order valence-electron chi connectivity index (χ3n) is 4.44. The van der Waals surface area contributed by atoms with E-state index in [2.05, 4.69) is 10.3 Å². The summed E-state index contributed by atoms with van der Waals surface area (Å²) in [6.07, 6.45) is 0.751. The Morgan fingerprint density at radius 2 is 1.79 bits per heavy atom. The third kappa shape index (κ3) is 5.39. The number of hydrogen-bond donors (Lipinski definition) is 1. The number of aromatic nitrogens is 1. The van der Waals surface area contributed by atoms with Crippen LogP contribution in [-0.4, -0.2) is 27.4 Å². The number of nitrogens with one attached hydrogen (secondary N) is 1. The number of nitrogens with zero attached hydrogens (tertiary/aromatic N) is 1. The summed E-state index contributed by atoms with van der Waals surface area (Å²) >= 11 is 0. The van der Waals surface area contributed by atoms with Gasteiger partial charge in [0.2, 0.25) is 11.8 Å². The molecular weight excluding hydrogens is 372 g/mol. The molecule has 1 aromatic heterocycles. The van der Waals surface area contributed by atoms with Crippen molar-refractivity contribution in [3.05, 3.63) is 77.2 Å². The number of oxazole rings is 1. The van der Waals surface area contributed by atoms with E-state index in [1.807, 2.05) is 61.5 Å². The highest BCUT2D eigenvalue weighted by molar-refractivity contribution is 7.84. The van der Waals surface area contributed by atoms with Gasteiger partial charge in [0, 0.05) is 22.9 Å². The van der Waals surface area contributed by atoms with Gasteiger partial charge in [0.1, 0.15) is 11.5 Å². The summed E-state index contributed by atoms with van der Waals surface area (Å²) in [6.45, 7) is 4.33. The SMILES string of the molecule is Cc1ccccc1-c1nc(CS(=O)CC(=O)NCCc2ccccc2)c(C)o1. The number of hydrogen-bond acceptors (Lipinski definition) is 4. The Bertz CT molecular complexity index is 967. The van der Waals surface area contributed by atoms with Crippen LogP contribution in [0.3, 0.4) is 0 Å². The van der Waals surface area contributed by atoms with Crippen LogP contribution < -0.4 is 5.32 Å². The molecule has 1 unspecified atom stereocenters. The zero-order valence-corrected chi connectivity index (χ0v) is 16.9. The summed E-state index contributed by atoms with van der Waals surface area (Å²) in [4.78, 5) is 16.5. The molecule has 3 aromatic rings. The molecule has 0 spiro atoms. The summed E-state index contributed by atoms with van der Waals surface area (Å²) < 4.78 is 18.1. The van der Waals surface area contributed by atoms with Crippen molar-refractivity contribution in [1.82, 2.24) is 10.3 Å². The van der Waals surface area contributed by atoms with Crippen molar-refractivity contribution in [2.75, 3.05) is 12.3 Å². The Kier molecular flexibility index (Phi) is 6.76. The molecule has 0 fully saturated rings. The Labute approximate surface area is 167 Å². The zero-order chi connectivity index (χ0) is 19.9. The lowest BCUT2D eigenvalue weighted by Gasteiger charge is -2.05. The highest BCUT2D eigenvalue weighted by Gasteiger charge is 2.16. The molecule has 1 heterocycles. The summed E-state index contributed by atoms with van der Waals surface area (Å²) in [5.74, 6) is 1.11. The fourth-order valence-corrected chi connectivity index (χ4v) is 3.95. The first-order chi connectivity index (χ1) is 13.5. The van der Waals surface area contributed by atoms with E-state index in [0.29, 0.717) is 23.9 Å². The van der Waals surface area contributed by atoms with Crippen LogP contribution in [0.4, 0.5) is 0 Å². The van der Waals surface area contributed by atoms with Gasteiger partial charge < -0.3 is 9.73 Å². The summed E-state index contributed by atoms with van der Waals surface area (Å²) in [7, 11) is -1.34. The van der Waals surface area contributed by atoms with Crippen LogP contribution in [0.25, 0.3) is 11.5 Å². The second kappa shape index (κ2) is 9.46. The van der Waals surface area contributed by atoms with E-state index < -0.39 is 10.8 Å². The summed E-state index contributed by atoms with van der Waals surface area (Å²) in [5.41, 5.74) is 3.77. The quantitative estimate of drug-likeness (QED) is 0.632. The smallest absolute Gasteiger partial charge is 0.232 e. The highest BCUT2D eigenvalue weighted by atomic mass is 32.2. The van der Waals surface area contributed by atoms with Gasteiger partial charge in [-0.05, 0) is 37.5 Å². The molecule has 0 saturated heterocycles. The van der Waals surface area contributed by atoms with E-state index in [9.17, 15) is 9.00 Å². The van der Waals surface area contributed by atoms with E-state index in [1.54, 1.807) is 6.92 Å². The van der Waals surface area contributed by atoms with Crippen LogP contribution >= 0.6 is 0 Å². The molecule has 2 aromatic carbocycles. The number of amides is 1. The van der Waals surface area contributed by atoms with Gasteiger partial charge in [0.05, 0.1) is 11.4 Å². The summed E-state index contributed by atoms with van der Waals surface area (Å²) in [6, 6.07) is 17.8. The van der Waals surface area contributed by atoms with Gasteiger partial charge in [-0.1, -0.05) is 48.5 Å². The number of carbonyl (C=O) groups excluding carboxylic acids is 1. The van der Waals surface area contributed by atoms with Gasteiger partial charge in [0.25, 0.3) is 0 Å². The van der Waals surface area contributed by atoms with Crippen molar-refractivity contribution in [2.45, 2.75) is 26.0 Å². The predicted molar refractivity (Wildman–Crippen MR) is 111 cm³/mol. The Morgan fingerprint density at radius 3 is 2.54 bits per heavy atom. The fraction of sp³-hybridized carbons (Fsp3) is 0.273. The molecule has 0 aliphatic heterocycles. The van der Waals surface area contributed by atoms with Gasteiger partial charge in [0.15, 0.2) is 0 Å². The minimum atomic E-state index is -1.34. The molecule has 1 amide bonds. The van der Waals surface area contributed by atoms with Crippen molar-refractivity contribution in [3.8, 4) is 11.5 Å². The standard InChI is InChI=1S/C22H24N2O3S/c1-16-8-6-7-11-19(16)22-24-20(17(2)27-22)14-28(26)15-21(25)23-13-12-18-9-4-3-5-10-18/h3-11H,12-15H2,1-2H3,(H,23,25). The lowest BCUT2D eigenvalue weighted by Crippen LogP contribution is -2.30. The highest BCUT2D eigenvalue weighted by Crippen LogP contribution is 2.25. The van der Waals surface area contributed by atoms with Crippen LogP contribution in [0, 0.1) is 13.8 Å². The van der Waals surface area contributed by atoms with E-state index in [4.69, 9.17) is 4.42 Å². The van der Waals surface area contributed by atoms with Gasteiger partial charge in [-0.25, -0.2) is 4.98 Å². The lowest BCUT2D eigenvalue weighted by atomic mass is 10.1. The maximum Gasteiger partial charge on any atom is 0.232 e. The maximum atomic E-state index is 12.4. The normalized spacial score (nSPS) is 11.9. The molecular formula is C22H24N2O3S. The van der Waals surface area contributed by atoms with Gasteiger partial charge >= 0.3 is 0 Å². The first kappa shape index (κ1) is 20.0. The minimum absolute atomic E-state index is 0.0409. The molecule has 0 radical (unpaired) electrons. The van der Waals surface area contributed by atoms with Gasteiger partial charge in [-0.3, -0.25) is 9.00 Å². The molecule has 0 bridgehead atoms. The van der Waals surface area contributed by atoms with Gasteiger partial charge in [-0.2, -0.15) is 0 Å². The van der Waals surface area contributed by atoms with Crippen LogP contribution in [0.1, 0.15) is 22.6 Å². The first-order valence-corrected chi connectivity index (χ1v) is 10.7. The largest absolute Gasteiger partial charge is 0.441 e. The maximum absolute atomic E-state index is 12.4. The van der Waals surface area contributed by atoms with Crippen LogP contribution in [-0.2, 0) is 27.8 Å². The number of benzene rings is 2. The van der Waals surface area contributed by atoms with Crippen molar-refractivity contribution in [3.63, 3.8) is 0 Å². The fourth-order valence-electron chi connectivity index (χ4n) is 2.88. The molecule has 0 aliphatic rings. The third-order valence-corrected chi connectivity index (χ3v) is 5.62. The zero-order valence-electron chi connectivity index (χ0n) is 16.1. The molecule has 146 valence electrons. The second-order valence-electron chi connectivity index (χ2n) is 6.65. The monoisotopic (exact) mass is 396 g/mol. The average molecular weight is 397 g/mol. The number of carbonyl (C=O) groups is 1. The van der Waals surface area contributed by atoms with Crippen molar-refractivity contribution < 1.29 is 13.4 Å². The van der Waals surface area contributed by atoms with Gasteiger partial charge in [-0.15, -0.1) is 0 Å². The minimum Gasteiger partial charge on any atom is -0.441 e.